The molecule has 0 radical (unpaired) electrons. The van der Waals surface area contributed by atoms with Crippen molar-refractivity contribution in [3.05, 3.63) is 63.1 Å². The topological polar surface area (TPSA) is 74.9 Å². The molecule has 0 saturated heterocycles. The molecule has 5 nitrogen and oxygen atoms in total. The maximum absolute atomic E-state index is 12.4. The van der Waals surface area contributed by atoms with Crippen LogP contribution in [0.1, 0.15) is 60.4 Å². The maximum atomic E-state index is 12.4. The highest BCUT2D eigenvalue weighted by Gasteiger charge is 2.16. The fourth-order valence-corrected chi connectivity index (χ4v) is 3.88. The van der Waals surface area contributed by atoms with Gasteiger partial charge in [-0.2, -0.15) is 5.26 Å². The molecule has 1 aliphatic rings. The molecule has 27 heavy (non-hydrogen) atoms. The van der Waals surface area contributed by atoms with Crippen molar-refractivity contribution in [1.29, 1.82) is 5.26 Å². The van der Waals surface area contributed by atoms with E-state index < -0.39 is 5.56 Å². The van der Waals surface area contributed by atoms with E-state index in [1.165, 1.54) is 42.2 Å². The number of aryl methyl sites for hydroxylation is 2. The van der Waals surface area contributed by atoms with Crippen molar-refractivity contribution in [3.63, 3.8) is 0 Å². The number of benzene rings is 1. The Hall–Kier alpha value is -2.87. The van der Waals surface area contributed by atoms with Gasteiger partial charge in [0.1, 0.15) is 18.2 Å². The summed E-state index contributed by atoms with van der Waals surface area (Å²) in [4.78, 5) is 24.8. The molecule has 0 spiro atoms. The average Bonchev–Trinajstić information content (AvgIpc) is 2.67. The predicted molar refractivity (Wildman–Crippen MR) is 106 cm³/mol. The summed E-state index contributed by atoms with van der Waals surface area (Å²) in [5.41, 5.74) is 3.02. The van der Waals surface area contributed by atoms with Crippen molar-refractivity contribution in [2.24, 2.45) is 0 Å². The quantitative estimate of drug-likeness (QED) is 0.891. The number of pyridine rings is 1. The van der Waals surface area contributed by atoms with Gasteiger partial charge in [-0.3, -0.25) is 9.59 Å². The summed E-state index contributed by atoms with van der Waals surface area (Å²) < 4.78 is 1.34. The van der Waals surface area contributed by atoms with E-state index in [1.54, 1.807) is 19.9 Å². The second-order valence-electron chi connectivity index (χ2n) is 7.35. The summed E-state index contributed by atoms with van der Waals surface area (Å²) in [6.07, 6.45) is 6.39. The molecule has 2 aromatic rings. The highest BCUT2D eigenvalue weighted by atomic mass is 16.2. The van der Waals surface area contributed by atoms with Crippen LogP contribution in [0.15, 0.2) is 35.1 Å². The van der Waals surface area contributed by atoms with Gasteiger partial charge < -0.3 is 9.88 Å². The van der Waals surface area contributed by atoms with Gasteiger partial charge in [0.05, 0.1) is 0 Å². The van der Waals surface area contributed by atoms with Crippen LogP contribution in [-0.2, 0) is 11.3 Å². The molecule has 140 valence electrons. The van der Waals surface area contributed by atoms with Crippen LogP contribution < -0.4 is 10.9 Å². The molecule has 1 heterocycles. The third-order valence-corrected chi connectivity index (χ3v) is 5.39. The van der Waals surface area contributed by atoms with Crippen molar-refractivity contribution in [2.75, 3.05) is 5.32 Å². The minimum Gasteiger partial charge on any atom is -0.325 e. The van der Waals surface area contributed by atoms with E-state index in [2.05, 4.69) is 17.4 Å². The highest BCUT2D eigenvalue weighted by Crippen LogP contribution is 2.32. The molecule has 0 bridgehead atoms. The molecule has 5 heteroatoms. The van der Waals surface area contributed by atoms with E-state index in [4.69, 9.17) is 5.26 Å². The second kappa shape index (κ2) is 8.22. The lowest BCUT2D eigenvalue weighted by Crippen LogP contribution is -2.31. The van der Waals surface area contributed by atoms with E-state index in [-0.39, 0.29) is 18.0 Å². The SMILES string of the molecule is Cc1cc(C)n(CC(=O)Nc2ccc(C3CCCCC3)cc2)c(=O)c1C#N. The molecule has 0 unspecified atom stereocenters. The van der Waals surface area contributed by atoms with Gasteiger partial charge in [-0.25, -0.2) is 0 Å². The number of carbonyl (C=O) groups is 1. The largest absolute Gasteiger partial charge is 0.325 e. The second-order valence-corrected chi connectivity index (χ2v) is 7.35. The Morgan fingerprint density at radius 3 is 2.48 bits per heavy atom. The lowest BCUT2D eigenvalue weighted by Gasteiger charge is -2.22. The summed E-state index contributed by atoms with van der Waals surface area (Å²) in [5, 5.41) is 12.0. The number of amides is 1. The van der Waals surface area contributed by atoms with Gasteiger partial charge in [0.15, 0.2) is 0 Å². The molecular formula is C22H25N3O2. The van der Waals surface area contributed by atoms with Gasteiger partial charge in [0.2, 0.25) is 5.91 Å². The van der Waals surface area contributed by atoms with Crippen LogP contribution in [0.2, 0.25) is 0 Å². The van der Waals surface area contributed by atoms with E-state index in [0.717, 1.165) is 5.69 Å². The van der Waals surface area contributed by atoms with E-state index in [0.29, 0.717) is 17.2 Å². The summed E-state index contributed by atoms with van der Waals surface area (Å²) in [5.74, 6) is 0.347. The monoisotopic (exact) mass is 363 g/mol. The normalized spacial score (nSPS) is 14.6. The molecule has 1 aromatic carbocycles. The van der Waals surface area contributed by atoms with Crippen molar-refractivity contribution in [3.8, 4) is 6.07 Å². The first-order chi connectivity index (χ1) is 13.0. The number of hydrogen-bond donors (Lipinski definition) is 1. The van der Waals surface area contributed by atoms with Gasteiger partial charge >= 0.3 is 0 Å². The van der Waals surface area contributed by atoms with E-state index >= 15 is 0 Å². The molecule has 0 atom stereocenters. The Bertz CT molecular complexity index is 930. The number of carbonyl (C=O) groups excluding carboxylic acids is 1. The van der Waals surface area contributed by atoms with Crippen LogP contribution in [-0.4, -0.2) is 10.5 Å². The molecule has 1 fully saturated rings. The van der Waals surface area contributed by atoms with Crippen LogP contribution in [0, 0.1) is 25.2 Å². The van der Waals surface area contributed by atoms with Gasteiger partial charge in [-0.15, -0.1) is 0 Å². The summed E-state index contributed by atoms with van der Waals surface area (Å²) in [6.45, 7) is 3.39. The van der Waals surface area contributed by atoms with Crippen LogP contribution in [0.4, 0.5) is 5.69 Å². The minimum absolute atomic E-state index is 0.0882. The molecule has 1 N–H and O–H groups in total. The van der Waals surface area contributed by atoms with Crippen LogP contribution in [0.3, 0.4) is 0 Å². The zero-order chi connectivity index (χ0) is 19.4. The van der Waals surface area contributed by atoms with Crippen LogP contribution in [0.25, 0.3) is 0 Å². The standard InChI is InChI=1S/C22H25N3O2/c1-15-12-16(2)25(22(27)20(15)13-23)14-21(26)24-19-10-8-18(9-11-19)17-6-4-3-5-7-17/h8-12,17H,3-7,14H2,1-2H3,(H,24,26). The van der Waals surface area contributed by atoms with Crippen LogP contribution in [0.5, 0.6) is 0 Å². The number of aromatic nitrogens is 1. The first-order valence-electron chi connectivity index (χ1n) is 9.50. The van der Waals surface area contributed by atoms with Crippen molar-refractivity contribution < 1.29 is 4.79 Å². The number of hydrogen-bond acceptors (Lipinski definition) is 3. The summed E-state index contributed by atoms with van der Waals surface area (Å²) >= 11 is 0. The Labute approximate surface area is 159 Å². The molecule has 1 aromatic heterocycles. The van der Waals surface area contributed by atoms with Gasteiger partial charge in [0.25, 0.3) is 5.56 Å². The van der Waals surface area contributed by atoms with Crippen molar-refractivity contribution >= 4 is 11.6 Å². The average molecular weight is 363 g/mol. The third kappa shape index (κ3) is 4.28. The fraction of sp³-hybridized carbons (Fsp3) is 0.409. The van der Waals surface area contributed by atoms with Crippen LogP contribution >= 0.6 is 0 Å². The van der Waals surface area contributed by atoms with Gasteiger partial charge in [0, 0.05) is 11.4 Å². The Morgan fingerprint density at radius 1 is 1.19 bits per heavy atom. The lowest BCUT2D eigenvalue weighted by molar-refractivity contribution is -0.116. The third-order valence-electron chi connectivity index (χ3n) is 5.39. The van der Waals surface area contributed by atoms with Gasteiger partial charge in [-0.05, 0) is 61.9 Å². The van der Waals surface area contributed by atoms with Crippen molar-refractivity contribution in [1.82, 2.24) is 4.57 Å². The minimum atomic E-state index is -0.419. The highest BCUT2D eigenvalue weighted by molar-refractivity contribution is 5.90. The lowest BCUT2D eigenvalue weighted by atomic mass is 9.84. The molecule has 0 aliphatic heterocycles. The first kappa shape index (κ1) is 18.9. The van der Waals surface area contributed by atoms with E-state index in [9.17, 15) is 9.59 Å². The summed E-state index contributed by atoms with van der Waals surface area (Å²) in [6, 6.07) is 11.7. The van der Waals surface area contributed by atoms with Gasteiger partial charge in [-0.1, -0.05) is 31.4 Å². The molecule has 1 aliphatic carbocycles. The Kier molecular flexibility index (Phi) is 5.75. The number of nitrogens with one attached hydrogen (secondary N) is 1. The fourth-order valence-electron chi connectivity index (χ4n) is 3.88. The number of rotatable bonds is 4. The smallest absolute Gasteiger partial charge is 0.269 e. The predicted octanol–water partition coefficient (Wildman–Crippen LogP) is 4.02. The van der Waals surface area contributed by atoms with E-state index in [1.807, 2.05) is 18.2 Å². The first-order valence-corrected chi connectivity index (χ1v) is 9.50. The Balaban J connectivity index is 1.70. The zero-order valence-corrected chi connectivity index (χ0v) is 15.9. The number of nitrogens with zero attached hydrogens (tertiary/aromatic N) is 2. The summed E-state index contributed by atoms with van der Waals surface area (Å²) in [7, 11) is 0. The number of anilines is 1. The Morgan fingerprint density at radius 2 is 1.85 bits per heavy atom. The van der Waals surface area contributed by atoms with Crippen molar-refractivity contribution in [2.45, 2.75) is 58.4 Å². The maximum Gasteiger partial charge on any atom is 0.269 e. The molecule has 1 saturated carbocycles. The zero-order valence-electron chi connectivity index (χ0n) is 15.9. The number of nitriles is 1. The molecule has 1 amide bonds. The molecule has 3 rings (SSSR count). The molecular weight excluding hydrogens is 338 g/mol.